The molecule has 0 spiro atoms. The van der Waals surface area contributed by atoms with E-state index in [1.807, 2.05) is 6.07 Å². The molecule has 3 N–H and O–H groups in total. The second-order valence-electron chi connectivity index (χ2n) is 7.26. The molecule has 3 aromatic carbocycles. The number of nitrogens with one attached hydrogen (secondary N) is 3. The van der Waals surface area contributed by atoms with Crippen LogP contribution < -0.4 is 20.7 Å². The highest BCUT2D eigenvalue weighted by molar-refractivity contribution is 6.06. The van der Waals surface area contributed by atoms with E-state index >= 15 is 0 Å². The van der Waals surface area contributed by atoms with Gasteiger partial charge in [0.25, 0.3) is 11.6 Å². The molecule has 9 nitrogen and oxygen atoms in total. The van der Waals surface area contributed by atoms with Crippen molar-refractivity contribution in [3.05, 3.63) is 88.5 Å². The summed E-state index contributed by atoms with van der Waals surface area (Å²) in [7, 11) is 0. The largest absolute Gasteiger partial charge is 0.457 e. The molecule has 0 atom stereocenters. The molecule has 0 saturated heterocycles. The summed E-state index contributed by atoms with van der Waals surface area (Å²) in [6, 6.07) is 19.2. The zero-order valence-electron chi connectivity index (χ0n) is 16.9. The summed E-state index contributed by atoms with van der Waals surface area (Å²) in [6.07, 6.45) is 1.98. The maximum Gasteiger partial charge on any atom is 0.319 e. The molecule has 9 heteroatoms. The number of nitro groups is 1. The van der Waals surface area contributed by atoms with E-state index in [0.29, 0.717) is 17.1 Å². The lowest BCUT2D eigenvalue weighted by Crippen LogP contribution is -2.30. The van der Waals surface area contributed by atoms with Gasteiger partial charge in [-0.15, -0.1) is 0 Å². The summed E-state index contributed by atoms with van der Waals surface area (Å²) in [6.45, 7) is 0. The van der Waals surface area contributed by atoms with Crippen molar-refractivity contribution < 1.29 is 19.2 Å². The van der Waals surface area contributed by atoms with Gasteiger partial charge in [-0.3, -0.25) is 14.9 Å². The van der Waals surface area contributed by atoms with Crippen molar-refractivity contribution in [2.45, 2.75) is 18.9 Å². The summed E-state index contributed by atoms with van der Waals surface area (Å²) < 4.78 is 5.76. The van der Waals surface area contributed by atoms with Gasteiger partial charge in [0.15, 0.2) is 0 Å². The van der Waals surface area contributed by atoms with Crippen LogP contribution in [0.1, 0.15) is 23.2 Å². The molecule has 0 unspecified atom stereocenters. The molecule has 0 bridgehead atoms. The number of hydrogen-bond acceptors (Lipinski definition) is 5. The van der Waals surface area contributed by atoms with Gasteiger partial charge < -0.3 is 20.7 Å². The van der Waals surface area contributed by atoms with Crippen LogP contribution in [0.2, 0.25) is 0 Å². The SMILES string of the molecule is O=C(Nc1ccc(NC(=O)c2cc([N+](=O)[O-])ccc2Oc2ccccc2)cc1)NC1CC1. The van der Waals surface area contributed by atoms with Crippen LogP contribution in [0.4, 0.5) is 21.9 Å². The maximum atomic E-state index is 12.9. The van der Waals surface area contributed by atoms with Crippen LogP contribution in [0.25, 0.3) is 0 Å². The van der Waals surface area contributed by atoms with E-state index in [1.54, 1.807) is 48.5 Å². The quantitative estimate of drug-likeness (QED) is 0.361. The Morgan fingerprint density at radius 2 is 1.56 bits per heavy atom. The number of ether oxygens (including phenoxy) is 1. The normalized spacial score (nSPS) is 12.5. The fourth-order valence-corrected chi connectivity index (χ4v) is 2.93. The highest BCUT2D eigenvalue weighted by Crippen LogP contribution is 2.29. The van der Waals surface area contributed by atoms with Gasteiger partial charge in [0.05, 0.1) is 10.5 Å². The monoisotopic (exact) mass is 432 g/mol. The maximum absolute atomic E-state index is 12.9. The van der Waals surface area contributed by atoms with Crippen molar-refractivity contribution >= 4 is 29.0 Å². The van der Waals surface area contributed by atoms with Crippen LogP contribution in [-0.4, -0.2) is 22.9 Å². The molecular formula is C23H20N4O5. The van der Waals surface area contributed by atoms with Crippen molar-refractivity contribution in [1.82, 2.24) is 5.32 Å². The van der Waals surface area contributed by atoms with Crippen molar-refractivity contribution in [1.29, 1.82) is 0 Å². The van der Waals surface area contributed by atoms with Gasteiger partial charge >= 0.3 is 6.03 Å². The molecule has 32 heavy (non-hydrogen) atoms. The fourth-order valence-electron chi connectivity index (χ4n) is 2.93. The number of nitro benzene ring substituents is 1. The first-order valence-corrected chi connectivity index (χ1v) is 9.98. The van der Waals surface area contributed by atoms with Gasteiger partial charge in [0.2, 0.25) is 0 Å². The van der Waals surface area contributed by atoms with E-state index in [0.717, 1.165) is 12.8 Å². The Morgan fingerprint density at radius 3 is 2.19 bits per heavy atom. The van der Waals surface area contributed by atoms with Crippen LogP contribution in [-0.2, 0) is 0 Å². The molecule has 3 amide bonds. The molecule has 1 fully saturated rings. The van der Waals surface area contributed by atoms with E-state index < -0.39 is 10.8 Å². The molecule has 1 aliphatic rings. The minimum atomic E-state index is -0.573. The number of amides is 3. The molecule has 1 saturated carbocycles. The first-order chi connectivity index (χ1) is 15.5. The second-order valence-corrected chi connectivity index (χ2v) is 7.26. The number of hydrogen-bond donors (Lipinski definition) is 3. The Morgan fingerprint density at radius 1 is 0.906 bits per heavy atom. The zero-order chi connectivity index (χ0) is 22.5. The average molecular weight is 432 g/mol. The Hall–Kier alpha value is -4.40. The Kier molecular flexibility index (Phi) is 5.98. The van der Waals surface area contributed by atoms with E-state index in [-0.39, 0.29) is 29.1 Å². The smallest absolute Gasteiger partial charge is 0.319 e. The highest BCUT2D eigenvalue weighted by atomic mass is 16.6. The second kappa shape index (κ2) is 9.17. The molecule has 0 radical (unpaired) electrons. The zero-order valence-corrected chi connectivity index (χ0v) is 16.9. The van der Waals surface area contributed by atoms with Gasteiger partial charge in [0, 0.05) is 29.5 Å². The van der Waals surface area contributed by atoms with Crippen molar-refractivity contribution in [3.63, 3.8) is 0 Å². The van der Waals surface area contributed by atoms with Crippen LogP contribution in [0.15, 0.2) is 72.8 Å². The lowest BCUT2D eigenvalue weighted by molar-refractivity contribution is -0.384. The summed E-state index contributed by atoms with van der Waals surface area (Å²) in [5, 5.41) is 19.4. The first-order valence-electron chi connectivity index (χ1n) is 9.98. The Bertz CT molecular complexity index is 1140. The lowest BCUT2D eigenvalue weighted by atomic mass is 10.1. The van der Waals surface area contributed by atoms with Crippen molar-refractivity contribution in [3.8, 4) is 11.5 Å². The van der Waals surface area contributed by atoms with E-state index in [1.165, 1.54) is 18.2 Å². The minimum Gasteiger partial charge on any atom is -0.457 e. The summed E-state index contributed by atoms with van der Waals surface area (Å²) in [5.74, 6) is 0.122. The standard InChI is InChI=1S/C23H20N4O5/c28-22(24-15-6-8-16(9-7-15)25-23(29)26-17-10-11-17)20-14-18(27(30)31)12-13-21(20)32-19-4-2-1-3-5-19/h1-9,12-14,17H,10-11H2,(H,24,28)(H2,25,26,29). The number of rotatable bonds is 7. The Labute approximate surface area is 183 Å². The molecule has 1 aliphatic carbocycles. The summed E-state index contributed by atoms with van der Waals surface area (Å²) >= 11 is 0. The van der Waals surface area contributed by atoms with Gasteiger partial charge in [0.1, 0.15) is 11.5 Å². The Balaban J connectivity index is 1.49. The highest BCUT2D eigenvalue weighted by Gasteiger charge is 2.23. The van der Waals surface area contributed by atoms with Gasteiger partial charge in [-0.1, -0.05) is 18.2 Å². The van der Waals surface area contributed by atoms with Gasteiger partial charge in [-0.25, -0.2) is 4.79 Å². The van der Waals surface area contributed by atoms with Gasteiger partial charge in [-0.05, 0) is 55.3 Å². The number of urea groups is 1. The number of para-hydroxylation sites is 1. The molecule has 3 aromatic rings. The fraction of sp³-hybridized carbons (Fsp3) is 0.130. The van der Waals surface area contributed by atoms with E-state index in [9.17, 15) is 19.7 Å². The number of non-ortho nitro benzene ring substituents is 1. The number of carbonyl (C=O) groups is 2. The average Bonchev–Trinajstić information content (AvgIpc) is 3.59. The predicted octanol–water partition coefficient (Wildman–Crippen LogP) is 4.92. The topological polar surface area (TPSA) is 123 Å². The molecular weight excluding hydrogens is 412 g/mol. The van der Waals surface area contributed by atoms with Crippen LogP contribution >= 0.6 is 0 Å². The number of benzene rings is 3. The molecule has 4 rings (SSSR count). The predicted molar refractivity (Wildman–Crippen MR) is 119 cm³/mol. The third kappa shape index (κ3) is 5.39. The van der Waals surface area contributed by atoms with Crippen molar-refractivity contribution in [2.75, 3.05) is 10.6 Å². The van der Waals surface area contributed by atoms with Crippen LogP contribution in [0.3, 0.4) is 0 Å². The third-order valence-corrected chi connectivity index (χ3v) is 4.70. The van der Waals surface area contributed by atoms with Crippen molar-refractivity contribution in [2.24, 2.45) is 0 Å². The lowest BCUT2D eigenvalue weighted by Gasteiger charge is -2.12. The third-order valence-electron chi connectivity index (χ3n) is 4.70. The summed E-state index contributed by atoms with van der Waals surface area (Å²) in [4.78, 5) is 35.3. The number of anilines is 2. The van der Waals surface area contributed by atoms with E-state index in [2.05, 4.69) is 16.0 Å². The van der Waals surface area contributed by atoms with Gasteiger partial charge in [-0.2, -0.15) is 0 Å². The number of carbonyl (C=O) groups excluding carboxylic acids is 2. The van der Waals surface area contributed by atoms with Crippen LogP contribution in [0.5, 0.6) is 11.5 Å². The molecule has 0 heterocycles. The first kappa shape index (κ1) is 20.9. The minimum absolute atomic E-state index is 0.0223. The van der Waals surface area contributed by atoms with E-state index in [4.69, 9.17) is 4.74 Å². The molecule has 0 aliphatic heterocycles. The molecule has 0 aromatic heterocycles. The van der Waals surface area contributed by atoms with Crippen LogP contribution in [0, 0.1) is 10.1 Å². The molecule has 162 valence electrons. The summed E-state index contributed by atoms with van der Waals surface area (Å²) in [5.41, 5.74) is 0.829. The number of nitrogens with zero attached hydrogens (tertiary/aromatic N) is 1.